The third-order valence-corrected chi connectivity index (χ3v) is 5.79. The van der Waals surface area contributed by atoms with Crippen LogP contribution < -0.4 is 10.6 Å². The van der Waals surface area contributed by atoms with E-state index in [9.17, 15) is 14.0 Å². The van der Waals surface area contributed by atoms with Crippen molar-refractivity contribution in [2.24, 2.45) is 0 Å². The van der Waals surface area contributed by atoms with Gasteiger partial charge in [0.25, 0.3) is 11.8 Å². The van der Waals surface area contributed by atoms with Crippen LogP contribution >= 0.6 is 0 Å². The van der Waals surface area contributed by atoms with Gasteiger partial charge in [0.05, 0.1) is 5.52 Å². The molecule has 6 nitrogen and oxygen atoms in total. The maximum absolute atomic E-state index is 14.2. The van der Waals surface area contributed by atoms with E-state index in [1.165, 1.54) is 6.07 Å². The number of aromatic nitrogens is 2. The zero-order valence-electron chi connectivity index (χ0n) is 18.8. The normalized spacial score (nSPS) is 10.9. The lowest BCUT2D eigenvalue weighted by Crippen LogP contribution is -2.26. The number of aryl methyl sites for hydroxylation is 2. The van der Waals surface area contributed by atoms with Gasteiger partial charge >= 0.3 is 0 Å². The van der Waals surface area contributed by atoms with Crippen LogP contribution in [0.2, 0.25) is 0 Å². The molecule has 2 heterocycles. The van der Waals surface area contributed by atoms with Crippen LogP contribution in [0.5, 0.6) is 0 Å². The number of fused-ring (bicyclic) bond motifs is 1. The Morgan fingerprint density at radius 1 is 1.00 bits per heavy atom. The number of aromatic amines is 1. The summed E-state index contributed by atoms with van der Waals surface area (Å²) in [6, 6.07) is 13.9. The zero-order chi connectivity index (χ0) is 23.5. The molecular weight excluding hydrogens is 419 g/mol. The van der Waals surface area contributed by atoms with Crippen molar-refractivity contribution >= 4 is 22.7 Å². The zero-order valence-corrected chi connectivity index (χ0v) is 18.8. The van der Waals surface area contributed by atoms with Crippen LogP contribution in [0.15, 0.2) is 54.7 Å². The van der Waals surface area contributed by atoms with E-state index in [2.05, 4.69) is 20.6 Å². The maximum atomic E-state index is 14.2. The van der Waals surface area contributed by atoms with Crippen molar-refractivity contribution in [2.75, 3.05) is 13.6 Å². The van der Waals surface area contributed by atoms with Crippen LogP contribution in [0, 0.1) is 19.7 Å². The number of H-pyrrole nitrogens is 1. The molecule has 7 heteroatoms. The highest BCUT2D eigenvalue weighted by Crippen LogP contribution is 2.28. The van der Waals surface area contributed by atoms with E-state index in [0.29, 0.717) is 29.7 Å². The minimum absolute atomic E-state index is 0.153. The molecule has 0 unspecified atom stereocenters. The second-order valence-electron chi connectivity index (χ2n) is 7.93. The molecule has 4 rings (SSSR count). The van der Waals surface area contributed by atoms with Crippen molar-refractivity contribution in [2.45, 2.75) is 20.3 Å². The molecule has 2 aromatic heterocycles. The summed E-state index contributed by atoms with van der Waals surface area (Å²) >= 11 is 0. The number of nitrogens with one attached hydrogen (secondary N) is 3. The molecule has 3 N–H and O–H groups in total. The van der Waals surface area contributed by atoms with E-state index >= 15 is 0 Å². The third-order valence-electron chi connectivity index (χ3n) is 5.79. The Morgan fingerprint density at radius 2 is 1.76 bits per heavy atom. The van der Waals surface area contributed by atoms with E-state index in [0.717, 1.165) is 33.3 Å². The molecule has 2 amide bonds. The lowest BCUT2D eigenvalue weighted by molar-refractivity contribution is 0.0945. The molecule has 0 atom stereocenters. The van der Waals surface area contributed by atoms with Crippen LogP contribution in [0.1, 0.15) is 37.7 Å². The predicted molar refractivity (Wildman–Crippen MR) is 127 cm³/mol. The second-order valence-corrected chi connectivity index (χ2v) is 7.93. The SMILES string of the molecule is CNC(=O)c1ccc(-c2ccnc(C(=O)NCCc3c(C)[nH]c4c(F)ccc(C)c34)c2)cc1. The van der Waals surface area contributed by atoms with Crippen molar-refractivity contribution in [3.8, 4) is 11.1 Å². The van der Waals surface area contributed by atoms with Crippen molar-refractivity contribution in [3.05, 3.63) is 88.6 Å². The number of pyridine rings is 1. The summed E-state index contributed by atoms with van der Waals surface area (Å²) in [6.07, 6.45) is 2.16. The molecule has 4 aromatic rings. The van der Waals surface area contributed by atoms with Crippen molar-refractivity contribution in [1.29, 1.82) is 0 Å². The number of hydrogen-bond acceptors (Lipinski definition) is 3. The van der Waals surface area contributed by atoms with Crippen LogP contribution in [0.4, 0.5) is 4.39 Å². The standard InChI is InChI=1S/C26H25FN4O2/c1-15-4-9-21(27)24-23(15)20(16(2)31-24)11-13-30-26(33)22-14-19(10-12-29-22)17-5-7-18(8-6-17)25(32)28-3/h4-10,12,14,31H,11,13H2,1-3H3,(H,28,32)(H,30,33). The van der Waals surface area contributed by atoms with Gasteiger partial charge in [-0.25, -0.2) is 4.39 Å². The maximum Gasteiger partial charge on any atom is 0.269 e. The lowest BCUT2D eigenvalue weighted by atomic mass is 10.0. The highest BCUT2D eigenvalue weighted by Gasteiger charge is 2.15. The summed E-state index contributed by atoms with van der Waals surface area (Å²) in [5, 5.41) is 6.38. The van der Waals surface area contributed by atoms with Gasteiger partial charge in [0.2, 0.25) is 0 Å². The van der Waals surface area contributed by atoms with Gasteiger partial charge in [-0.3, -0.25) is 14.6 Å². The number of benzene rings is 2. The molecule has 33 heavy (non-hydrogen) atoms. The van der Waals surface area contributed by atoms with Crippen LogP contribution in [-0.4, -0.2) is 35.4 Å². The number of amides is 2. The molecule has 0 saturated carbocycles. The number of hydrogen-bond donors (Lipinski definition) is 3. The molecule has 0 bridgehead atoms. The summed E-state index contributed by atoms with van der Waals surface area (Å²) in [5.74, 6) is -0.711. The van der Waals surface area contributed by atoms with Gasteiger partial charge in [0.1, 0.15) is 11.5 Å². The predicted octanol–water partition coefficient (Wildman–Crippen LogP) is 4.32. The van der Waals surface area contributed by atoms with Gasteiger partial charge < -0.3 is 15.6 Å². The summed E-state index contributed by atoms with van der Waals surface area (Å²) in [4.78, 5) is 31.8. The number of halogens is 1. The minimum Gasteiger partial charge on any atom is -0.356 e. The Balaban J connectivity index is 1.46. The topological polar surface area (TPSA) is 86.9 Å². The number of carbonyl (C=O) groups is 2. The largest absolute Gasteiger partial charge is 0.356 e. The third kappa shape index (κ3) is 4.48. The second kappa shape index (κ2) is 9.24. The Bertz CT molecular complexity index is 1340. The van der Waals surface area contributed by atoms with E-state index in [4.69, 9.17) is 0 Å². The molecule has 2 aromatic carbocycles. The number of nitrogens with zero attached hydrogens (tertiary/aromatic N) is 1. The average molecular weight is 445 g/mol. The van der Waals surface area contributed by atoms with Crippen molar-refractivity contribution < 1.29 is 14.0 Å². The Hall–Kier alpha value is -4.00. The molecule has 0 aliphatic rings. The van der Waals surface area contributed by atoms with E-state index in [1.54, 1.807) is 37.5 Å². The molecule has 168 valence electrons. The Kier molecular flexibility index (Phi) is 6.22. The summed E-state index contributed by atoms with van der Waals surface area (Å²) < 4.78 is 14.2. The fourth-order valence-electron chi connectivity index (χ4n) is 4.04. The molecule has 0 radical (unpaired) electrons. The molecular formula is C26H25FN4O2. The highest BCUT2D eigenvalue weighted by molar-refractivity contribution is 5.95. The van der Waals surface area contributed by atoms with Gasteiger partial charge in [-0.1, -0.05) is 18.2 Å². The molecule has 0 aliphatic carbocycles. The van der Waals surface area contributed by atoms with Crippen LogP contribution in [0.3, 0.4) is 0 Å². The average Bonchev–Trinajstić information content (AvgIpc) is 3.18. The van der Waals surface area contributed by atoms with Gasteiger partial charge in [-0.15, -0.1) is 0 Å². The summed E-state index contributed by atoms with van der Waals surface area (Å²) in [5.41, 5.74) is 5.98. The van der Waals surface area contributed by atoms with Crippen molar-refractivity contribution in [3.63, 3.8) is 0 Å². The molecule has 0 fully saturated rings. The first-order valence-corrected chi connectivity index (χ1v) is 10.7. The van der Waals surface area contributed by atoms with E-state index < -0.39 is 0 Å². The first-order valence-electron chi connectivity index (χ1n) is 10.7. The summed E-state index contributed by atoms with van der Waals surface area (Å²) in [7, 11) is 1.59. The van der Waals surface area contributed by atoms with Gasteiger partial charge in [0.15, 0.2) is 0 Å². The fraction of sp³-hybridized carbons (Fsp3) is 0.192. The fourth-order valence-corrected chi connectivity index (χ4v) is 4.04. The van der Waals surface area contributed by atoms with Gasteiger partial charge in [0, 0.05) is 36.4 Å². The number of rotatable bonds is 6. The van der Waals surface area contributed by atoms with E-state index in [1.807, 2.05) is 32.0 Å². The highest BCUT2D eigenvalue weighted by atomic mass is 19.1. The molecule has 0 spiro atoms. The van der Waals surface area contributed by atoms with Gasteiger partial charge in [-0.2, -0.15) is 0 Å². The first-order chi connectivity index (χ1) is 15.9. The van der Waals surface area contributed by atoms with Gasteiger partial charge in [-0.05, 0) is 72.9 Å². The molecule has 0 aliphatic heterocycles. The monoisotopic (exact) mass is 444 g/mol. The van der Waals surface area contributed by atoms with Crippen molar-refractivity contribution in [1.82, 2.24) is 20.6 Å². The number of carbonyl (C=O) groups excluding carboxylic acids is 2. The summed E-state index contributed by atoms with van der Waals surface area (Å²) in [6.45, 7) is 4.26. The van der Waals surface area contributed by atoms with Crippen LogP contribution in [0.25, 0.3) is 22.0 Å². The van der Waals surface area contributed by atoms with E-state index in [-0.39, 0.29) is 17.6 Å². The van der Waals surface area contributed by atoms with Crippen LogP contribution in [-0.2, 0) is 6.42 Å². The smallest absolute Gasteiger partial charge is 0.269 e. The Morgan fingerprint density at radius 3 is 2.48 bits per heavy atom. The molecule has 0 saturated heterocycles. The quantitative estimate of drug-likeness (QED) is 0.414. The minimum atomic E-state index is -0.279. The lowest BCUT2D eigenvalue weighted by Gasteiger charge is -2.08. The Labute approximate surface area is 191 Å². The first kappa shape index (κ1) is 22.2.